The molecule has 1 heterocycles. The first-order valence-corrected chi connectivity index (χ1v) is 9.24. The van der Waals surface area contributed by atoms with Crippen LogP contribution in [0.4, 0.5) is 5.69 Å². The van der Waals surface area contributed by atoms with E-state index in [0.29, 0.717) is 6.54 Å². The normalized spacial score (nSPS) is 10.6. The van der Waals surface area contributed by atoms with Crippen LogP contribution < -0.4 is 0 Å². The quantitative estimate of drug-likeness (QED) is 0.369. The van der Waals surface area contributed by atoms with Gasteiger partial charge in [-0.15, -0.1) is 11.8 Å². The number of aromatic nitrogens is 3. The Labute approximate surface area is 160 Å². The van der Waals surface area contributed by atoms with Crippen molar-refractivity contribution in [2.24, 2.45) is 0 Å². The largest absolute Gasteiger partial charge is 0.337 e. The van der Waals surface area contributed by atoms with Crippen molar-refractivity contribution < 1.29 is 9.72 Å². The first-order valence-electron chi connectivity index (χ1n) is 8.01. The highest BCUT2D eigenvalue weighted by atomic mass is 32.2. The van der Waals surface area contributed by atoms with Crippen molar-refractivity contribution in [3.8, 4) is 5.69 Å². The van der Waals surface area contributed by atoms with Gasteiger partial charge in [-0.25, -0.2) is 9.67 Å². The van der Waals surface area contributed by atoms with Gasteiger partial charge < -0.3 is 4.90 Å². The number of nitro groups is 1. The molecule has 0 aliphatic heterocycles. The Kier molecular flexibility index (Phi) is 5.51. The smallest absolute Gasteiger partial charge is 0.295 e. The van der Waals surface area contributed by atoms with Gasteiger partial charge in [-0.1, -0.05) is 12.1 Å². The minimum atomic E-state index is -0.533. The number of benzene rings is 2. The summed E-state index contributed by atoms with van der Waals surface area (Å²) in [7, 11) is 1.67. The summed E-state index contributed by atoms with van der Waals surface area (Å²) in [6.07, 6.45) is 4.66. The van der Waals surface area contributed by atoms with Gasteiger partial charge in [-0.2, -0.15) is 5.10 Å². The van der Waals surface area contributed by atoms with Gasteiger partial charge in [-0.3, -0.25) is 14.9 Å². The molecule has 0 unspecified atom stereocenters. The predicted molar refractivity (Wildman–Crippen MR) is 102 cm³/mol. The number of rotatable bonds is 6. The van der Waals surface area contributed by atoms with E-state index in [4.69, 9.17) is 0 Å². The lowest BCUT2D eigenvalue weighted by Crippen LogP contribution is -2.26. The fourth-order valence-corrected chi connectivity index (χ4v) is 3.03. The van der Waals surface area contributed by atoms with Crippen LogP contribution in [0.25, 0.3) is 5.69 Å². The third kappa shape index (κ3) is 4.14. The van der Waals surface area contributed by atoms with Gasteiger partial charge in [0.2, 0.25) is 0 Å². The zero-order valence-corrected chi connectivity index (χ0v) is 15.6. The summed E-state index contributed by atoms with van der Waals surface area (Å²) >= 11 is 1.65. The number of nitrogens with zero attached hydrogens (tertiary/aromatic N) is 5. The van der Waals surface area contributed by atoms with Crippen molar-refractivity contribution in [2.75, 3.05) is 13.3 Å². The van der Waals surface area contributed by atoms with Crippen molar-refractivity contribution >= 4 is 23.4 Å². The standard InChI is InChI=1S/C18H17N5O3S/c1-21(10-13-3-6-15(27-2)7-4-13)18(24)14-5-8-16(17(9-14)23(25)26)22-12-19-11-20-22/h3-9,11-12H,10H2,1-2H3. The molecular weight excluding hydrogens is 366 g/mol. The molecule has 1 aromatic heterocycles. The Bertz CT molecular complexity index is 958. The Morgan fingerprint density at radius 2 is 2.00 bits per heavy atom. The molecule has 9 heteroatoms. The molecule has 0 saturated heterocycles. The molecule has 27 heavy (non-hydrogen) atoms. The summed E-state index contributed by atoms with van der Waals surface area (Å²) in [5, 5.41) is 15.3. The first-order chi connectivity index (χ1) is 13.0. The van der Waals surface area contributed by atoms with Crippen LogP contribution in [0.3, 0.4) is 0 Å². The first kappa shape index (κ1) is 18.6. The van der Waals surface area contributed by atoms with E-state index in [1.165, 1.54) is 34.4 Å². The van der Waals surface area contributed by atoms with E-state index in [0.717, 1.165) is 10.5 Å². The molecule has 0 fully saturated rings. The van der Waals surface area contributed by atoms with Crippen LogP contribution in [0.1, 0.15) is 15.9 Å². The Morgan fingerprint density at radius 3 is 2.59 bits per heavy atom. The zero-order valence-electron chi connectivity index (χ0n) is 14.8. The molecule has 0 aliphatic rings. The minimum Gasteiger partial charge on any atom is -0.337 e. The fraction of sp³-hybridized carbons (Fsp3) is 0.167. The molecule has 0 N–H and O–H groups in total. The molecule has 0 atom stereocenters. The van der Waals surface area contributed by atoms with E-state index in [1.807, 2.05) is 30.5 Å². The second kappa shape index (κ2) is 8.00. The van der Waals surface area contributed by atoms with Crippen molar-refractivity contribution in [1.29, 1.82) is 0 Å². The second-order valence-electron chi connectivity index (χ2n) is 5.81. The Hall–Kier alpha value is -3.20. The number of carbonyl (C=O) groups excluding carboxylic acids is 1. The SMILES string of the molecule is CSc1ccc(CN(C)C(=O)c2ccc(-n3cncn3)c([N+](=O)[O-])c2)cc1. The molecule has 3 rings (SSSR count). The monoisotopic (exact) mass is 383 g/mol. The molecule has 2 aromatic carbocycles. The number of hydrogen-bond acceptors (Lipinski definition) is 6. The number of carbonyl (C=O) groups is 1. The van der Waals surface area contributed by atoms with Crippen LogP contribution in [0.2, 0.25) is 0 Å². The highest BCUT2D eigenvalue weighted by Gasteiger charge is 2.21. The molecular formula is C18H17N5O3S. The molecule has 138 valence electrons. The molecule has 0 bridgehead atoms. The molecule has 1 amide bonds. The number of hydrogen-bond donors (Lipinski definition) is 0. The third-order valence-corrected chi connectivity index (χ3v) is 4.75. The number of amides is 1. The maximum Gasteiger partial charge on any atom is 0.295 e. The van der Waals surface area contributed by atoms with Crippen LogP contribution >= 0.6 is 11.8 Å². The zero-order chi connectivity index (χ0) is 19.4. The van der Waals surface area contributed by atoms with Crippen molar-refractivity contribution in [3.05, 3.63) is 76.4 Å². The van der Waals surface area contributed by atoms with E-state index >= 15 is 0 Å². The van der Waals surface area contributed by atoms with E-state index in [1.54, 1.807) is 24.9 Å². The number of nitro benzene ring substituents is 1. The predicted octanol–water partition coefficient (Wildman–Crippen LogP) is 3.17. The molecule has 0 radical (unpaired) electrons. The van der Waals surface area contributed by atoms with Crippen LogP contribution in [0.15, 0.2) is 60.0 Å². The van der Waals surface area contributed by atoms with Crippen LogP contribution in [-0.4, -0.2) is 43.8 Å². The topological polar surface area (TPSA) is 94.2 Å². The molecule has 0 saturated carbocycles. The summed E-state index contributed by atoms with van der Waals surface area (Å²) in [6, 6.07) is 12.2. The summed E-state index contributed by atoms with van der Waals surface area (Å²) in [6.45, 7) is 0.409. The van der Waals surface area contributed by atoms with Gasteiger partial charge in [0.1, 0.15) is 18.3 Å². The summed E-state index contributed by atoms with van der Waals surface area (Å²) < 4.78 is 1.30. The summed E-state index contributed by atoms with van der Waals surface area (Å²) in [5.74, 6) is -0.294. The molecule has 3 aromatic rings. The van der Waals surface area contributed by atoms with E-state index < -0.39 is 4.92 Å². The van der Waals surface area contributed by atoms with E-state index in [2.05, 4.69) is 10.1 Å². The van der Waals surface area contributed by atoms with Crippen molar-refractivity contribution in [1.82, 2.24) is 19.7 Å². The van der Waals surface area contributed by atoms with Crippen LogP contribution in [0, 0.1) is 10.1 Å². The molecule has 0 aliphatic carbocycles. The lowest BCUT2D eigenvalue weighted by Gasteiger charge is -2.18. The van der Waals surface area contributed by atoms with Gasteiger partial charge in [0.15, 0.2) is 0 Å². The van der Waals surface area contributed by atoms with Gasteiger partial charge in [0.05, 0.1) is 4.92 Å². The van der Waals surface area contributed by atoms with Crippen molar-refractivity contribution in [3.63, 3.8) is 0 Å². The van der Waals surface area contributed by atoms with Gasteiger partial charge in [-0.05, 0) is 36.1 Å². The average Bonchev–Trinajstić information content (AvgIpc) is 3.22. The number of thioether (sulfide) groups is 1. The lowest BCUT2D eigenvalue weighted by molar-refractivity contribution is -0.384. The maximum atomic E-state index is 12.7. The highest BCUT2D eigenvalue weighted by molar-refractivity contribution is 7.98. The second-order valence-corrected chi connectivity index (χ2v) is 6.69. The van der Waals surface area contributed by atoms with E-state index in [9.17, 15) is 14.9 Å². The Morgan fingerprint density at radius 1 is 1.26 bits per heavy atom. The van der Waals surface area contributed by atoms with Crippen LogP contribution in [0.5, 0.6) is 0 Å². The van der Waals surface area contributed by atoms with Crippen molar-refractivity contribution in [2.45, 2.75) is 11.4 Å². The van der Waals surface area contributed by atoms with Gasteiger partial charge in [0, 0.05) is 30.1 Å². The Balaban J connectivity index is 1.83. The fourth-order valence-electron chi connectivity index (χ4n) is 2.63. The van der Waals surface area contributed by atoms with Gasteiger partial charge >= 0.3 is 0 Å². The minimum absolute atomic E-state index is 0.205. The lowest BCUT2D eigenvalue weighted by atomic mass is 10.1. The summed E-state index contributed by atoms with van der Waals surface area (Å²) in [4.78, 5) is 30.1. The molecule has 0 spiro atoms. The van der Waals surface area contributed by atoms with Crippen LogP contribution in [-0.2, 0) is 6.54 Å². The average molecular weight is 383 g/mol. The maximum absolute atomic E-state index is 12.7. The highest BCUT2D eigenvalue weighted by Crippen LogP contribution is 2.24. The van der Waals surface area contributed by atoms with Gasteiger partial charge in [0.25, 0.3) is 11.6 Å². The van der Waals surface area contributed by atoms with E-state index in [-0.39, 0.29) is 22.8 Å². The summed E-state index contributed by atoms with van der Waals surface area (Å²) in [5.41, 5.74) is 1.28. The molecule has 8 nitrogen and oxygen atoms in total. The third-order valence-electron chi connectivity index (χ3n) is 4.01.